The van der Waals surface area contributed by atoms with E-state index in [-0.39, 0.29) is 0 Å². The molecule has 0 aliphatic rings. The molecule has 0 saturated heterocycles. The van der Waals surface area contributed by atoms with Crippen molar-refractivity contribution in [2.75, 3.05) is 13.7 Å². The van der Waals surface area contributed by atoms with Crippen molar-refractivity contribution in [3.63, 3.8) is 0 Å². The van der Waals surface area contributed by atoms with Crippen LogP contribution in [0.15, 0.2) is 10.6 Å². The summed E-state index contributed by atoms with van der Waals surface area (Å²) in [7, 11) is 1.89. The van der Waals surface area contributed by atoms with Gasteiger partial charge in [-0.05, 0) is 19.4 Å². The van der Waals surface area contributed by atoms with Crippen LogP contribution in [0.3, 0.4) is 0 Å². The highest BCUT2D eigenvalue weighted by molar-refractivity contribution is 5.03. The molecule has 1 heterocycles. The molecule has 1 unspecified atom stereocenters. The van der Waals surface area contributed by atoms with E-state index < -0.39 is 0 Å². The zero-order valence-electron chi connectivity index (χ0n) is 10.5. The summed E-state index contributed by atoms with van der Waals surface area (Å²) in [5.41, 5.74) is 0.919. The van der Waals surface area contributed by atoms with Crippen molar-refractivity contribution in [3.05, 3.63) is 17.5 Å². The van der Waals surface area contributed by atoms with Crippen LogP contribution in [-0.2, 0) is 17.9 Å². The van der Waals surface area contributed by atoms with Gasteiger partial charge in [0.2, 0.25) is 0 Å². The van der Waals surface area contributed by atoms with Crippen molar-refractivity contribution >= 4 is 0 Å². The minimum absolute atomic E-state index is 0.519. The fraction of sp³-hybridized carbons (Fsp3) is 0.750. The first kappa shape index (κ1) is 13.2. The second kappa shape index (κ2) is 7.41. The van der Waals surface area contributed by atoms with E-state index >= 15 is 0 Å². The number of aromatic nitrogens is 1. The van der Waals surface area contributed by atoms with E-state index in [0.717, 1.165) is 24.6 Å². The summed E-state index contributed by atoms with van der Waals surface area (Å²) in [4.78, 5) is 0. The molecule has 0 radical (unpaired) electrons. The Morgan fingerprint density at radius 1 is 1.56 bits per heavy atom. The maximum absolute atomic E-state index is 5.57. The van der Waals surface area contributed by atoms with Crippen molar-refractivity contribution in [3.8, 4) is 0 Å². The number of hydrogen-bond acceptors (Lipinski definition) is 4. The first-order valence-corrected chi connectivity index (χ1v) is 5.93. The van der Waals surface area contributed by atoms with E-state index in [4.69, 9.17) is 9.26 Å². The van der Waals surface area contributed by atoms with E-state index in [9.17, 15) is 0 Å². The highest BCUT2D eigenvalue weighted by Gasteiger charge is 2.05. The van der Waals surface area contributed by atoms with Crippen molar-refractivity contribution in [1.29, 1.82) is 0 Å². The van der Waals surface area contributed by atoms with Crippen LogP contribution < -0.4 is 5.32 Å². The Labute approximate surface area is 97.3 Å². The van der Waals surface area contributed by atoms with Crippen LogP contribution in [0.5, 0.6) is 0 Å². The minimum Gasteiger partial charge on any atom is -0.373 e. The van der Waals surface area contributed by atoms with Crippen molar-refractivity contribution in [1.82, 2.24) is 10.5 Å². The Morgan fingerprint density at radius 3 is 3.06 bits per heavy atom. The van der Waals surface area contributed by atoms with Crippen molar-refractivity contribution in [2.45, 2.75) is 39.8 Å². The van der Waals surface area contributed by atoms with Crippen LogP contribution in [-0.4, -0.2) is 18.8 Å². The third kappa shape index (κ3) is 4.77. The summed E-state index contributed by atoms with van der Waals surface area (Å²) < 4.78 is 10.7. The molecular formula is C12H22N2O2. The van der Waals surface area contributed by atoms with Crippen LogP contribution in [0.1, 0.15) is 38.1 Å². The third-order valence-electron chi connectivity index (χ3n) is 2.39. The summed E-state index contributed by atoms with van der Waals surface area (Å²) in [5, 5.41) is 6.95. The van der Waals surface area contributed by atoms with Gasteiger partial charge in [0.15, 0.2) is 5.76 Å². The molecule has 0 aromatic carbocycles. The standard InChI is InChI=1S/C12H22N2O2/c1-4-5-10(2)8-15-9-12-6-11(7-13-3)14-16-12/h6,10,13H,4-5,7-9H2,1-3H3. The normalized spacial score (nSPS) is 12.9. The van der Waals surface area contributed by atoms with Gasteiger partial charge in [0.1, 0.15) is 6.61 Å². The quantitative estimate of drug-likeness (QED) is 0.739. The molecule has 92 valence electrons. The van der Waals surface area contributed by atoms with Crippen LogP contribution in [0.25, 0.3) is 0 Å². The molecule has 4 heteroatoms. The number of nitrogens with zero attached hydrogens (tertiary/aromatic N) is 1. The molecule has 0 saturated carbocycles. The highest BCUT2D eigenvalue weighted by atomic mass is 16.5. The SMILES string of the molecule is CCCC(C)COCc1cc(CNC)no1. The molecule has 1 aromatic heterocycles. The Kier molecular flexibility index (Phi) is 6.11. The minimum atomic E-state index is 0.519. The molecule has 1 aromatic rings. The molecule has 1 N–H and O–H groups in total. The van der Waals surface area contributed by atoms with Gasteiger partial charge in [-0.15, -0.1) is 0 Å². The highest BCUT2D eigenvalue weighted by Crippen LogP contribution is 2.09. The third-order valence-corrected chi connectivity index (χ3v) is 2.39. The molecule has 1 rings (SSSR count). The molecule has 16 heavy (non-hydrogen) atoms. The van der Waals surface area contributed by atoms with Gasteiger partial charge in [-0.1, -0.05) is 25.4 Å². The smallest absolute Gasteiger partial charge is 0.162 e. The van der Waals surface area contributed by atoms with Gasteiger partial charge in [-0.25, -0.2) is 0 Å². The monoisotopic (exact) mass is 226 g/mol. The first-order chi connectivity index (χ1) is 7.76. The zero-order valence-corrected chi connectivity index (χ0v) is 10.5. The van der Waals surface area contributed by atoms with Gasteiger partial charge >= 0.3 is 0 Å². The molecule has 4 nitrogen and oxygen atoms in total. The van der Waals surface area contributed by atoms with Crippen molar-refractivity contribution < 1.29 is 9.26 Å². The van der Waals surface area contributed by atoms with Gasteiger partial charge < -0.3 is 14.6 Å². The van der Waals surface area contributed by atoms with Gasteiger partial charge in [-0.3, -0.25) is 0 Å². The molecule has 0 aliphatic heterocycles. The van der Waals surface area contributed by atoms with Crippen LogP contribution in [0, 0.1) is 5.92 Å². The summed E-state index contributed by atoms with van der Waals surface area (Å²) in [6, 6.07) is 1.93. The molecule has 0 fully saturated rings. The van der Waals surface area contributed by atoms with E-state index in [1.165, 1.54) is 12.8 Å². The predicted octanol–water partition coefficient (Wildman–Crippen LogP) is 2.35. The Morgan fingerprint density at radius 2 is 2.38 bits per heavy atom. The molecular weight excluding hydrogens is 204 g/mol. The fourth-order valence-electron chi connectivity index (χ4n) is 1.63. The molecule has 1 atom stereocenters. The Hall–Kier alpha value is -0.870. The van der Waals surface area contributed by atoms with Gasteiger partial charge in [0, 0.05) is 19.2 Å². The fourth-order valence-corrected chi connectivity index (χ4v) is 1.63. The largest absolute Gasteiger partial charge is 0.373 e. The van der Waals surface area contributed by atoms with E-state index in [1.54, 1.807) is 0 Å². The van der Waals surface area contributed by atoms with Crippen LogP contribution in [0.2, 0.25) is 0 Å². The van der Waals surface area contributed by atoms with Crippen LogP contribution >= 0.6 is 0 Å². The first-order valence-electron chi connectivity index (χ1n) is 5.93. The Bertz CT molecular complexity index is 286. The second-order valence-corrected chi connectivity index (χ2v) is 4.22. The molecule has 0 aliphatic carbocycles. The van der Waals surface area contributed by atoms with E-state index in [2.05, 4.69) is 24.3 Å². The topological polar surface area (TPSA) is 47.3 Å². The lowest BCUT2D eigenvalue weighted by atomic mass is 10.1. The summed E-state index contributed by atoms with van der Waals surface area (Å²) >= 11 is 0. The number of nitrogens with one attached hydrogen (secondary N) is 1. The average molecular weight is 226 g/mol. The average Bonchev–Trinajstić information content (AvgIpc) is 2.67. The molecule has 0 spiro atoms. The van der Waals surface area contributed by atoms with Crippen LogP contribution in [0.4, 0.5) is 0 Å². The van der Waals surface area contributed by atoms with Gasteiger partial charge in [0.05, 0.1) is 5.69 Å². The number of hydrogen-bond donors (Lipinski definition) is 1. The summed E-state index contributed by atoms with van der Waals surface area (Å²) in [5.74, 6) is 1.42. The lowest BCUT2D eigenvalue weighted by Crippen LogP contribution is -2.05. The van der Waals surface area contributed by atoms with E-state index in [1.807, 2.05) is 13.1 Å². The maximum Gasteiger partial charge on any atom is 0.162 e. The lowest BCUT2D eigenvalue weighted by Gasteiger charge is -2.08. The predicted molar refractivity (Wildman–Crippen MR) is 63.0 cm³/mol. The Balaban J connectivity index is 2.21. The lowest BCUT2D eigenvalue weighted by molar-refractivity contribution is 0.0739. The van der Waals surface area contributed by atoms with Gasteiger partial charge in [-0.2, -0.15) is 0 Å². The summed E-state index contributed by atoms with van der Waals surface area (Å²) in [6.45, 7) is 6.43. The van der Waals surface area contributed by atoms with Gasteiger partial charge in [0.25, 0.3) is 0 Å². The summed E-state index contributed by atoms with van der Waals surface area (Å²) in [6.07, 6.45) is 2.42. The number of ether oxygens (including phenoxy) is 1. The molecule has 0 amide bonds. The van der Waals surface area contributed by atoms with Crippen molar-refractivity contribution in [2.24, 2.45) is 5.92 Å². The second-order valence-electron chi connectivity index (χ2n) is 4.22. The van der Waals surface area contributed by atoms with E-state index in [0.29, 0.717) is 12.5 Å². The zero-order chi connectivity index (χ0) is 11.8. The number of rotatable bonds is 8. The maximum atomic E-state index is 5.57. The molecule has 0 bridgehead atoms.